The summed E-state index contributed by atoms with van der Waals surface area (Å²) in [7, 11) is 0. The van der Waals surface area contributed by atoms with Crippen molar-refractivity contribution in [2.75, 3.05) is 32.7 Å². The lowest BCUT2D eigenvalue weighted by Gasteiger charge is -2.31. The topological polar surface area (TPSA) is 87.5 Å². The summed E-state index contributed by atoms with van der Waals surface area (Å²) in [5.41, 5.74) is 6.32. The summed E-state index contributed by atoms with van der Waals surface area (Å²) in [6.45, 7) is 4.56. The quantitative estimate of drug-likeness (QED) is 0.678. The smallest absolute Gasteiger partial charge is 0.234 e. The summed E-state index contributed by atoms with van der Waals surface area (Å²) in [5, 5.41) is 6.45. The van der Waals surface area contributed by atoms with Gasteiger partial charge in [0.2, 0.25) is 11.8 Å². The van der Waals surface area contributed by atoms with Crippen molar-refractivity contribution in [3.8, 4) is 0 Å². The molecule has 2 amide bonds. The second-order valence-electron chi connectivity index (χ2n) is 6.46. The second kappa shape index (κ2) is 9.75. The summed E-state index contributed by atoms with van der Waals surface area (Å²) in [6.07, 6.45) is 1.76. The zero-order valence-corrected chi connectivity index (χ0v) is 15.4. The number of carbonyl (C=O) groups excluding carboxylic acids is 2. The maximum absolute atomic E-state index is 12.3. The van der Waals surface area contributed by atoms with Crippen molar-refractivity contribution in [1.82, 2.24) is 15.5 Å². The van der Waals surface area contributed by atoms with E-state index in [1.807, 2.05) is 36.1 Å². The molecule has 0 saturated carbocycles. The highest BCUT2D eigenvalue weighted by Gasteiger charge is 2.26. The molecular weight excluding hydrogens is 340 g/mol. The summed E-state index contributed by atoms with van der Waals surface area (Å²) in [5.74, 6) is -0.107. The molecule has 1 aromatic rings. The molecule has 1 heterocycles. The van der Waals surface area contributed by atoms with Crippen LogP contribution in [0.4, 0.5) is 0 Å². The van der Waals surface area contributed by atoms with Crippen LogP contribution in [0.1, 0.15) is 31.4 Å². The van der Waals surface area contributed by atoms with Gasteiger partial charge in [-0.25, -0.2) is 0 Å². The van der Waals surface area contributed by atoms with Crippen molar-refractivity contribution in [2.24, 2.45) is 11.7 Å². The lowest BCUT2D eigenvalue weighted by molar-refractivity contribution is -0.129. The van der Waals surface area contributed by atoms with Crippen LogP contribution in [0.15, 0.2) is 24.3 Å². The van der Waals surface area contributed by atoms with E-state index in [9.17, 15) is 9.59 Å². The molecular formula is C18H27ClN4O2. The zero-order chi connectivity index (χ0) is 18.2. The number of piperidine rings is 1. The number of benzene rings is 1. The first-order valence-corrected chi connectivity index (χ1v) is 9.13. The fourth-order valence-corrected chi connectivity index (χ4v) is 3.45. The van der Waals surface area contributed by atoms with Gasteiger partial charge in [0, 0.05) is 24.7 Å². The fourth-order valence-electron chi connectivity index (χ4n) is 3.15. The first-order valence-electron chi connectivity index (χ1n) is 8.75. The molecule has 0 bridgehead atoms. The SMILES string of the molecule is CC(NC(=O)CN1CCCC(C(=O)NCCN)C1)c1ccccc1Cl. The first kappa shape index (κ1) is 19.7. The van der Waals surface area contributed by atoms with Gasteiger partial charge in [0.25, 0.3) is 0 Å². The Balaban J connectivity index is 1.83. The van der Waals surface area contributed by atoms with Crippen LogP contribution in [-0.2, 0) is 9.59 Å². The van der Waals surface area contributed by atoms with Crippen LogP contribution < -0.4 is 16.4 Å². The number of rotatable bonds is 7. The third-order valence-electron chi connectivity index (χ3n) is 4.44. The van der Waals surface area contributed by atoms with Crippen molar-refractivity contribution in [3.05, 3.63) is 34.9 Å². The Hall–Kier alpha value is -1.63. The molecule has 0 aliphatic carbocycles. The first-order chi connectivity index (χ1) is 12.0. The van der Waals surface area contributed by atoms with Gasteiger partial charge in [0.1, 0.15) is 0 Å². The number of nitrogens with zero attached hydrogens (tertiary/aromatic N) is 1. The van der Waals surface area contributed by atoms with Crippen LogP contribution >= 0.6 is 11.6 Å². The molecule has 1 fully saturated rings. The molecule has 6 nitrogen and oxygen atoms in total. The summed E-state index contributed by atoms with van der Waals surface area (Å²) in [4.78, 5) is 26.5. The Morgan fingerprint density at radius 2 is 2.16 bits per heavy atom. The molecule has 0 radical (unpaired) electrons. The van der Waals surface area contributed by atoms with E-state index in [0.29, 0.717) is 24.7 Å². The van der Waals surface area contributed by atoms with Gasteiger partial charge in [0.15, 0.2) is 0 Å². The third kappa shape index (κ3) is 5.99. The van der Waals surface area contributed by atoms with Crippen LogP contribution in [0.2, 0.25) is 5.02 Å². The van der Waals surface area contributed by atoms with Crippen LogP contribution in [0.3, 0.4) is 0 Å². The minimum atomic E-state index is -0.158. The summed E-state index contributed by atoms with van der Waals surface area (Å²) < 4.78 is 0. The molecule has 2 unspecified atom stereocenters. The van der Waals surface area contributed by atoms with E-state index in [1.165, 1.54) is 0 Å². The molecule has 0 spiro atoms. The minimum absolute atomic E-state index is 0.0278. The fraction of sp³-hybridized carbons (Fsp3) is 0.556. The monoisotopic (exact) mass is 366 g/mol. The number of nitrogens with two attached hydrogens (primary N) is 1. The van der Waals surface area contributed by atoms with Crippen molar-refractivity contribution in [2.45, 2.75) is 25.8 Å². The standard InChI is InChI=1S/C18H27ClN4O2/c1-13(15-6-2-3-7-16(15)19)22-17(24)12-23-10-4-5-14(11-23)18(25)21-9-8-20/h2-3,6-7,13-14H,4-5,8-12,20H2,1H3,(H,21,25)(H,22,24). The van der Waals surface area contributed by atoms with Crippen LogP contribution in [-0.4, -0.2) is 49.4 Å². The van der Waals surface area contributed by atoms with E-state index in [1.54, 1.807) is 0 Å². The van der Waals surface area contributed by atoms with E-state index in [2.05, 4.69) is 10.6 Å². The summed E-state index contributed by atoms with van der Waals surface area (Å²) >= 11 is 6.17. The minimum Gasteiger partial charge on any atom is -0.355 e. The number of hydrogen-bond donors (Lipinski definition) is 3. The highest BCUT2D eigenvalue weighted by molar-refractivity contribution is 6.31. The number of nitrogens with one attached hydrogen (secondary N) is 2. The van der Waals surface area contributed by atoms with Gasteiger partial charge < -0.3 is 16.4 Å². The molecule has 2 rings (SSSR count). The lowest BCUT2D eigenvalue weighted by atomic mass is 9.97. The Morgan fingerprint density at radius 1 is 1.40 bits per heavy atom. The van der Waals surface area contributed by atoms with Gasteiger partial charge >= 0.3 is 0 Å². The van der Waals surface area contributed by atoms with Gasteiger partial charge in [-0.1, -0.05) is 29.8 Å². The summed E-state index contributed by atoms with van der Waals surface area (Å²) in [6, 6.07) is 7.33. The maximum atomic E-state index is 12.3. The number of amides is 2. The average molecular weight is 367 g/mol. The predicted molar refractivity (Wildman–Crippen MR) is 99.2 cm³/mol. The molecule has 1 aromatic carbocycles. The number of halogens is 1. The van der Waals surface area contributed by atoms with E-state index in [4.69, 9.17) is 17.3 Å². The van der Waals surface area contributed by atoms with Gasteiger partial charge in [0.05, 0.1) is 18.5 Å². The van der Waals surface area contributed by atoms with Gasteiger partial charge in [-0.05, 0) is 37.9 Å². The van der Waals surface area contributed by atoms with Gasteiger partial charge in [-0.15, -0.1) is 0 Å². The van der Waals surface area contributed by atoms with Crippen molar-refractivity contribution in [1.29, 1.82) is 0 Å². The lowest BCUT2D eigenvalue weighted by Crippen LogP contribution is -2.47. The normalized spacial score (nSPS) is 19.2. The van der Waals surface area contributed by atoms with Crippen molar-refractivity contribution in [3.63, 3.8) is 0 Å². The molecule has 1 saturated heterocycles. The molecule has 0 aromatic heterocycles. The second-order valence-corrected chi connectivity index (χ2v) is 6.87. The number of hydrogen-bond acceptors (Lipinski definition) is 4. The molecule has 2 atom stereocenters. The zero-order valence-electron chi connectivity index (χ0n) is 14.6. The van der Waals surface area contributed by atoms with E-state index in [0.717, 1.165) is 24.9 Å². The Labute approximate surface area is 154 Å². The Bertz CT molecular complexity index is 596. The molecule has 1 aliphatic rings. The number of carbonyl (C=O) groups is 2. The van der Waals surface area contributed by atoms with E-state index >= 15 is 0 Å². The Kier molecular flexibility index (Phi) is 7.68. The predicted octanol–water partition coefficient (Wildman–Crippen LogP) is 1.30. The van der Waals surface area contributed by atoms with Crippen LogP contribution in [0.25, 0.3) is 0 Å². The van der Waals surface area contributed by atoms with Crippen molar-refractivity contribution < 1.29 is 9.59 Å². The van der Waals surface area contributed by atoms with Gasteiger partial charge in [-0.3, -0.25) is 14.5 Å². The highest BCUT2D eigenvalue weighted by atomic mass is 35.5. The van der Waals surface area contributed by atoms with Crippen LogP contribution in [0, 0.1) is 5.92 Å². The maximum Gasteiger partial charge on any atom is 0.234 e. The average Bonchev–Trinajstić information content (AvgIpc) is 2.60. The highest BCUT2D eigenvalue weighted by Crippen LogP contribution is 2.22. The Morgan fingerprint density at radius 3 is 2.88 bits per heavy atom. The largest absolute Gasteiger partial charge is 0.355 e. The van der Waals surface area contributed by atoms with Gasteiger partial charge in [-0.2, -0.15) is 0 Å². The van der Waals surface area contributed by atoms with E-state index in [-0.39, 0.29) is 30.3 Å². The van der Waals surface area contributed by atoms with E-state index < -0.39 is 0 Å². The molecule has 7 heteroatoms. The van der Waals surface area contributed by atoms with Crippen LogP contribution in [0.5, 0.6) is 0 Å². The van der Waals surface area contributed by atoms with Crippen molar-refractivity contribution >= 4 is 23.4 Å². The molecule has 138 valence electrons. The molecule has 4 N–H and O–H groups in total. The number of likely N-dealkylation sites (tertiary alicyclic amines) is 1. The third-order valence-corrected chi connectivity index (χ3v) is 4.78. The molecule has 1 aliphatic heterocycles. The molecule has 25 heavy (non-hydrogen) atoms.